The van der Waals surface area contributed by atoms with Gasteiger partial charge < -0.3 is 15.4 Å². The van der Waals surface area contributed by atoms with Crippen molar-refractivity contribution in [3.05, 3.63) is 66.2 Å². The Hall–Kier alpha value is -2.04. The second-order valence-corrected chi connectivity index (χ2v) is 6.78. The Labute approximate surface area is 161 Å². The molecule has 1 fully saturated rings. The minimum absolute atomic E-state index is 0. The standard InChI is InChI=1S/C21H26N2O2.ClH/c1-16(15-25-19-10-6-3-7-11-19)21(24)23-13-18(12-22)20(14-23)17-8-4-2-5-9-17;/h2-11,16,18,20H,12-15,22H2,1H3;1H/t16?,18-,20+;/m1./s1. The molecule has 5 heteroatoms. The van der Waals surface area contributed by atoms with E-state index < -0.39 is 0 Å². The van der Waals surface area contributed by atoms with Gasteiger partial charge >= 0.3 is 0 Å². The van der Waals surface area contributed by atoms with Gasteiger partial charge in [0.25, 0.3) is 0 Å². The molecule has 0 bridgehead atoms. The van der Waals surface area contributed by atoms with Crippen LogP contribution in [0.2, 0.25) is 0 Å². The molecular formula is C21H27ClN2O2. The van der Waals surface area contributed by atoms with E-state index in [9.17, 15) is 4.79 Å². The summed E-state index contributed by atoms with van der Waals surface area (Å²) in [5.41, 5.74) is 7.24. The first kappa shape index (κ1) is 20.3. The molecule has 140 valence electrons. The lowest BCUT2D eigenvalue weighted by Crippen LogP contribution is -2.36. The summed E-state index contributed by atoms with van der Waals surface area (Å²) in [7, 11) is 0. The van der Waals surface area contributed by atoms with E-state index in [1.54, 1.807) is 0 Å². The normalized spacial score (nSPS) is 20.3. The minimum Gasteiger partial charge on any atom is -0.493 e. The molecule has 1 aliphatic rings. The predicted molar refractivity (Wildman–Crippen MR) is 107 cm³/mol. The van der Waals surface area contributed by atoms with E-state index in [2.05, 4.69) is 12.1 Å². The summed E-state index contributed by atoms with van der Waals surface area (Å²) in [5, 5.41) is 0. The zero-order valence-corrected chi connectivity index (χ0v) is 15.9. The summed E-state index contributed by atoms with van der Waals surface area (Å²) in [4.78, 5) is 14.8. The van der Waals surface area contributed by atoms with Crippen LogP contribution in [0.15, 0.2) is 60.7 Å². The van der Waals surface area contributed by atoms with Crippen molar-refractivity contribution in [1.29, 1.82) is 0 Å². The number of para-hydroxylation sites is 1. The Morgan fingerprint density at radius 2 is 1.73 bits per heavy atom. The Bertz CT molecular complexity index is 681. The lowest BCUT2D eigenvalue weighted by Gasteiger charge is -2.21. The monoisotopic (exact) mass is 374 g/mol. The maximum absolute atomic E-state index is 12.8. The fourth-order valence-electron chi connectivity index (χ4n) is 3.49. The zero-order valence-electron chi connectivity index (χ0n) is 15.1. The third-order valence-corrected chi connectivity index (χ3v) is 4.95. The van der Waals surface area contributed by atoms with Gasteiger partial charge in [0.2, 0.25) is 5.91 Å². The average Bonchev–Trinajstić information content (AvgIpc) is 3.11. The zero-order chi connectivity index (χ0) is 17.6. The van der Waals surface area contributed by atoms with Crippen molar-refractivity contribution in [2.24, 2.45) is 17.6 Å². The van der Waals surface area contributed by atoms with E-state index in [-0.39, 0.29) is 24.2 Å². The Morgan fingerprint density at radius 3 is 2.35 bits per heavy atom. The van der Waals surface area contributed by atoms with E-state index in [0.29, 0.717) is 25.0 Å². The molecule has 2 N–H and O–H groups in total. The highest BCUT2D eigenvalue weighted by molar-refractivity contribution is 5.85. The molecule has 2 aromatic rings. The molecule has 3 atom stereocenters. The highest BCUT2D eigenvalue weighted by atomic mass is 35.5. The second kappa shape index (κ2) is 9.60. The van der Waals surface area contributed by atoms with Crippen LogP contribution in [0.1, 0.15) is 18.4 Å². The van der Waals surface area contributed by atoms with Crippen LogP contribution in [0, 0.1) is 11.8 Å². The van der Waals surface area contributed by atoms with Crippen molar-refractivity contribution in [1.82, 2.24) is 4.90 Å². The van der Waals surface area contributed by atoms with Crippen LogP contribution >= 0.6 is 12.4 Å². The van der Waals surface area contributed by atoms with Crippen molar-refractivity contribution >= 4 is 18.3 Å². The van der Waals surface area contributed by atoms with Crippen molar-refractivity contribution in [2.75, 3.05) is 26.2 Å². The molecular weight excluding hydrogens is 348 g/mol. The van der Waals surface area contributed by atoms with Crippen LogP contribution in [0.25, 0.3) is 0 Å². The molecule has 4 nitrogen and oxygen atoms in total. The first-order chi connectivity index (χ1) is 12.2. The molecule has 1 unspecified atom stereocenters. The number of benzene rings is 2. The van der Waals surface area contributed by atoms with Gasteiger partial charge in [-0.2, -0.15) is 0 Å². The van der Waals surface area contributed by atoms with Gasteiger partial charge in [-0.25, -0.2) is 0 Å². The third kappa shape index (κ3) is 4.77. The first-order valence-corrected chi connectivity index (χ1v) is 8.90. The van der Waals surface area contributed by atoms with E-state index in [1.807, 2.05) is 60.4 Å². The van der Waals surface area contributed by atoms with Crippen molar-refractivity contribution < 1.29 is 9.53 Å². The largest absolute Gasteiger partial charge is 0.493 e. The molecule has 2 aromatic carbocycles. The van der Waals surface area contributed by atoms with Crippen molar-refractivity contribution in [3.63, 3.8) is 0 Å². The second-order valence-electron chi connectivity index (χ2n) is 6.78. The van der Waals surface area contributed by atoms with Crippen LogP contribution in [-0.4, -0.2) is 37.0 Å². The topological polar surface area (TPSA) is 55.6 Å². The predicted octanol–water partition coefficient (Wildman–Crippen LogP) is 3.32. The Morgan fingerprint density at radius 1 is 1.12 bits per heavy atom. The number of carbonyl (C=O) groups excluding carboxylic acids is 1. The number of carbonyl (C=O) groups is 1. The number of amides is 1. The van der Waals surface area contributed by atoms with Crippen molar-refractivity contribution in [2.45, 2.75) is 12.8 Å². The van der Waals surface area contributed by atoms with Gasteiger partial charge in [0.05, 0.1) is 12.5 Å². The molecule has 0 aromatic heterocycles. The third-order valence-electron chi connectivity index (χ3n) is 4.95. The number of likely N-dealkylation sites (tertiary alicyclic amines) is 1. The lowest BCUT2D eigenvalue weighted by atomic mass is 9.89. The molecule has 0 spiro atoms. The number of rotatable bonds is 6. The van der Waals surface area contributed by atoms with E-state index in [4.69, 9.17) is 10.5 Å². The molecule has 1 aliphatic heterocycles. The number of nitrogens with two attached hydrogens (primary N) is 1. The summed E-state index contributed by atoms with van der Waals surface area (Å²) < 4.78 is 5.74. The number of ether oxygens (including phenoxy) is 1. The molecule has 0 aliphatic carbocycles. The Kier molecular flexibility index (Phi) is 7.49. The van der Waals surface area contributed by atoms with E-state index in [1.165, 1.54) is 5.56 Å². The first-order valence-electron chi connectivity index (χ1n) is 8.90. The maximum atomic E-state index is 12.8. The number of hydrogen-bond acceptors (Lipinski definition) is 3. The number of halogens is 1. The molecule has 0 radical (unpaired) electrons. The summed E-state index contributed by atoms with van der Waals surface area (Å²) in [6, 6.07) is 20.0. The quantitative estimate of drug-likeness (QED) is 0.843. The minimum atomic E-state index is -0.173. The highest BCUT2D eigenvalue weighted by Gasteiger charge is 2.36. The summed E-state index contributed by atoms with van der Waals surface area (Å²) in [6.45, 7) is 4.38. The highest BCUT2D eigenvalue weighted by Crippen LogP contribution is 2.32. The fraction of sp³-hybridized carbons (Fsp3) is 0.381. The number of hydrogen-bond donors (Lipinski definition) is 1. The van der Waals surface area contributed by atoms with Crippen LogP contribution in [0.5, 0.6) is 5.75 Å². The van der Waals surface area contributed by atoms with Crippen LogP contribution in [0.4, 0.5) is 0 Å². The molecule has 26 heavy (non-hydrogen) atoms. The van der Waals surface area contributed by atoms with Gasteiger partial charge in [-0.1, -0.05) is 55.5 Å². The van der Waals surface area contributed by atoms with Crippen LogP contribution in [-0.2, 0) is 4.79 Å². The summed E-state index contributed by atoms with van der Waals surface area (Å²) in [5.74, 6) is 1.40. The SMILES string of the molecule is CC(COc1ccccc1)C(=O)N1C[C@@H](CN)[C@H](c2ccccc2)C1.Cl. The van der Waals surface area contributed by atoms with Gasteiger partial charge in [0.1, 0.15) is 5.75 Å². The van der Waals surface area contributed by atoms with Gasteiger partial charge in [-0.3, -0.25) is 4.79 Å². The fourth-order valence-corrected chi connectivity index (χ4v) is 3.49. The van der Waals surface area contributed by atoms with E-state index >= 15 is 0 Å². The van der Waals surface area contributed by atoms with E-state index in [0.717, 1.165) is 18.8 Å². The smallest absolute Gasteiger partial charge is 0.228 e. The van der Waals surface area contributed by atoms with Crippen molar-refractivity contribution in [3.8, 4) is 5.75 Å². The van der Waals surface area contributed by atoms with Gasteiger partial charge in [-0.15, -0.1) is 12.4 Å². The van der Waals surface area contributed by atoms with Crippen LogP contribution in [0.3, 0.4) is 0 Å². The number of nitrogens with zero attached hydrogens (tertiary/aromatic N) is 1. The molecule has 1 saturated heterocycles. The summed E-state index contributed by atoms with van der Waals surface area (Å²) in [6.07, 6.45) is 0. The van der Waals surface area contributed by atoms with Crippen LogP contribution < -0.4 is 10.5 Å². The summed E-state index contributed by atoms with van der Waals surface area (Å²) >= 11 is 0. The Balaban J connectivity index is 0.00000243. The molecule has 1 amide bonds. The average molecular weight is 375 g/mol. The van der Waals surface area contributed by atoms with Gasteiger partial charge in [0.15, 0.2) is 0 Å². The van der Waals surface area contributed by atoms with Gasteiger partial charge in [0, 0.05) is 19.0 Å². The maximum Gasteiger partial charge on any atom is 0.228 e. The molecule has 1 heterocycles. The lowest BCUT2D eigenvalue weighted by molar-refractivity contribution is -0.135. The van der Waals surface area contributed by atoms with Gasteiger partial charge in [-0.05, 0) is 30.2 Å². The molecule has 0 saturated carbocycles. The molecule has 3 rings (SSSR count).